The van der Waals surface area contributed by atoms with Gasteiger partial charge in [-0.15, -0.1) is 0 Å². The Bertz CT molecular complexity index is 644. The Morgan fingerprint density at radius 1 is 1.08 bits per heavy atom. The second-order valence-electron chi connectivity index (χ2n) is 6.39. The zero-order valence-corrected chi connectivity index (χ0v) is 17.4. The predicted molar refractivity (Wildman–Crippen MR) is 104 cm³/mol. The lowest BCUT2D eigenvalue weighted by Crippen LogP contribution is -2.10. The van der Waals surface area contributed by atoms with Crippen LogP contribution in [0.4, 0.5) is 0 Å². The fraction of sp³-hybridized carbons (Fsp3) is 0.556. The topological polar surface area (TPSA) is 72.8 Å². The first-order valence-electron chi connectivity index (χ1n) is 8.53. The van der Waals surface area contributed by atoms with Crippen LogP contribution in [-0.2, 0) is 18.0 Å². The van der Waals surface area contributed by atoms with Gasteiger partial charge in [0.2, 0.25) is 0 Å². The van der Waals surface area contributed by atoms with Gasteiger partial charge in [-0.3, -0.25) is 9.13 Å². The van der Waals surface area contributed by atoms with Crippen LogP contribution in [-0.4, -0.2) is 17.4 Å². The molecule has 1 aliphatic rings. The van der Waals surface area contributed by atoms with Gasteiger partial charge in [-0.1, -0.05) is 47.1 Å². The van der Waals surface area contributed by atoms with Gasteiger partial charge in [0.1, 0.15) is 0 Å². The van der Waals surface area contributed by atoms with Crippen molar-refractivity contribution in [2.45, 2.75) is 53.4 Å². The van der Waals surface area contributed by atoms with E-state index in [1.165, 1.54) is 11.1 Å². The maximum Gasteiger partial charge on any atom is 0.350 e. The van der Waals surface area contributed by atoms with Gasteiger partial charge in [0.05, 0.1) is 6.61 Å². The highest BCUT2D eigenvalue weighted by molar-refractivity contribution is 7.83. The van der Waals surface area contributed by atoms with Gasteiger partial charge in [-0.2, -0.15) is 0 Å². The second-order valence-corrected chi connectivity index (χ2v) is 10.9. The minimum atomic E-state index is -3.62. The summed E-state index contributed by atoms with van der Waals surface area (Å²) in [5.74, 6) is -0.378. The Kier molecular flexibility index (Phi) is 9.34. The van der Waals surface area contributed by atoms with Gasteiger partial charge in [0, 0.05) is 0 Å². The summed E-state index contributed by atoms with van der Waals surface area (Å²) in [6.07, 6.45) is 14.4. The third kappa shape index (κ3) is 9.53. The van der Waals surface area contributed by atoms with E-state index < -0.39 is 15.2 Å². The lowest BCUT2D eigenvalue weighted by Gasteiger charge is -2.29. The number of rotatable bonds is 10. The molecule has 1 heterocycles. The first-order chi connectivity index (χ1) is 11.7. The van der Waals surface area contributed by atoms with Crippen molar-refractivity contribution in [1.29, 1.82) is 0 Å². The van der Waals surface area contributed by atoms with Crippen LogP contribution in [0.3, 0.4) is 0 Å². The predicted octanol–water partition coefficient (Wildman–Crippen LogP) is 6.34. The van der Waals surface area contributed by atoms with Gasteiger partial charge < -0.3 is 9.42 Å². The fourth-order valence-corrected chi connectivity index (χ4v) is 6.44. The summed E-state index contributed by atoms with van der Waals surface area (Å²) in [7, 11) is -6.94. The molecule has 7 heteroatoms. The van der Waals surface area contributed by atoms with Gasteiger partial charge >= 0.3 is 15.2 Å². The van der Waals surface area contributed by atoms with Crippen LogP contribution in [0.1, 0.15) is 53.4 Å². The lowest BCUT2D eigenvalue weighted by atomic mass is 10.1. The molecule has 0 aromatic heterocycles. The molecule has 0 aliphatic carbocycles. The molecule has 1 fully saturated rings. The van der Waals surface area contributed by atoms with E-state index in [-0.39, 0.29) is 12.5 Å². The molecule has 0 aromatic rings. The number of allylic oxidation sites excluding steroid dienone is 7. The first-order valence-corrected chi connectivity index (χ1v) is 12.0. The summed E-state index contributed by atoms with van der Waals surface area (Å²) in [6.45, 7) is 8.41. The van der Waals surface area contributed by atoms with Crippen LogP contribution in [0.2, 0.25) is 0 Å². The lowest BCUT2D eigenvalue weighted by molar-refractivity contribution is 0.257. The normalized spacial score (nSPS) is 28.4. The van der Waals surface area contributed by atoms with Crippen molar-refractivity contribution < 1.29 is 22.9 Å². The molecular formula is C18H30O5P2. The molecule has 0 bridgehead atoms. The Hall–Kier alpha value is -0.700. The summed E-state index contributed by atoms with van der Waals surface area (Å²) >= 11 is 0. The molecule has 1 aliphatic heterocycles. The van der Waals surface area contributed by atoms with E-state index in [9.17, 15) is 9.13 Å². The van der Waals surface area contributed by atoms with Crippen molar-refractivity contribution in [3.8, 4) is 0 Å². The summed E-state index contributed by atoms with van der Waals surface area (Å²) in [6, 6.07) is 0. The zero-order chi connectivity index (χ0) is 18.9. The molecule has 142 valence electrons. The molecule has 0 radical (unpaired) electrons. The third-order valence-corrected chi connectivity index (χ3v) is 9.15. The molecule has 0 amide bonds. The van der Waals surface area contributed by atoms with Gasteiger partial charge in [0.15, 0.2) is 5.90 Å². The highest BCUT2D eigenvalue weighted by Crippen LogP contribution is 2.78. The fourth-order valence-electron chi connectivity index (χ4n) is 2.37. The minimum absolute atomic E-state index is 0.140. The Morgan fingerprint density at radius 2 is 1.64 bits per heavy atom. The summed E-state index contributed by atoms with van der Waals surface area (Å²) in [5.41, 5.74) is 3.80. The number of hydrogen-bond donors (Lipinski definition) is 1. The van der Waals surface area contributed by atoms with Gasteiger partial charge in [-0.05, 0) is 53.4 Å². The summed E-state index contributed by atoms with van der Waals surface area (Å²) in [5, 5.41) is 0. The first kappa shape index (κ1) is 22.3. The molecule has 1 rings (SSSR count). The van der Waals surface area contributed by atoms with E-state index in [1.807, 2.05) is 26.0 Å². The number of hydrogen-bond acceptors (Lipinski definition) is 4. The zero-order valence-electron chi connectivity index (χ0n) is 15.6. The Morgan fingerprint density at radius 3 is 2.20 bits per heavy atom. The van der Waals surface area contributed by atoms with Crippen LogP contribution in [0.25, 0.3) is 0 Å². The highest BCUT2D eigenvalue weighted by atomic mass is 31.3. The van der Waals surface area contributed by atoms with Gasteiger partial charge in [-0.25, -0.2) is 4.31 Å². The van der Waals surface area contributed by atoms with Crippen molar-refractivity contribution in [3.63, 3.8) is 0 Å². The monoisotopic (exact) mass is 388 g/mol. The van der Waals surface area contributed by atoms with Crippen molar-refractivity contribution in [2.75, 3.05) is 12.5 Å². The quantitative estimate of drug-likeness (QED) is 0.268. The summed E-state index contributed by atoms with van der Waals surface area (Å²) in [4.78, 5) is 9.00. The largest absolute Gasteiger partial charge is 0.350 e. The molecule has 0 saturated carbocycles. The van der Waals surface area contributed by atoms with E-state index in [4.69, 9.17) is 9.42 Å². The highest BCUT2D eigenvalue weighted by Gasteiger charge is 2.51. The van der Waals surface area contributed by atoms with E-state index in [1.54, 1.807) is 0 Å². The third-order valence-electron chi connectivity index (χ3n) is 3.77. The SMILES string of the molecule is CC=CC(C)=CCCC(C)=CCCC(C)=CCOP1(=O)CP(=O)(O)O1. The maximum atomic E-state index is 11.7. The molecular weight excluding hydrogens is 358 g/mol. The molecule has 5 nitrogen and oxygen atoms in total. The van der Waals surface area contributed by atoms with Crippen LogP contribution in [0.5, 0.6) is 0 Å². The molecule has 0 spiro atoms. The van der Waals surface area contributed by atoms with E-state index in [0.717, 1.165) is 31.3 Å². The smallest absolute Gasteiger partial charge is 0.324 e. The van der Waals surface area contributed by atoms with E-state index in [0.29, 0.717) is 0 Å². The van der Waals surface area contributed by atoms with Crippen LogP contribution in [0.15, 0.2) is 47.1 Å². The van der Waals surface area contributed by atoms with Crippen molar-refractivity contribution in [1.82, 2.24) is 0 Å². The van der Waals surface area contributed by atoms with Crippen LogP contribution >= 0.6 is 15.2 Å². The molecule has 1 N–H and O–H groups in total. The van der Waals surface area contributed by atoms with Gasteiger partial charge in [0.25, 0.3) is 0 Å². The molecule has 1 saturated heterocycles. The average molecular weight is 388 g/mol. The maximum absolute atomic E-state index is 11.7. The molecule has 2 unspecified atom stereocenters. The van der Waals surface area contributed by atoms with E-state index >= 15 is 0 Å². The second kappa shape index (κ2) is 10.4. The van der Waals surface area contributed by atoms with Crippen molar-refractivity contribution >= 4 is 15.2 Å². The molecule has 2 atom stereocenters. The van der Waals surface area contributed by atoms with E-state index in [2.05, 4.69) is 36.4 Å². The standard InChI is InChI=1S/C18H30O5P2/c1-5-8-16(2)9-6-10-17(3)11-7-12-18(4)13-14-22-25(21)15-24(19,20)23-25/h5,8-9,11,13H,6-7,10,12,14-15H2,1-4H3,(H,19,20). The summed E-state index contributed by atoms with van der Waals surface area (Å²) < 4.78 is 32.3. The van der Waals surface area contributed by atoms with Crippen molar-refractivity contribution in [3.05, 3.63) is 47.1 Å². The Labute approximate surface area is 151 Å². The average Bonchev–Trinajstić information content (AvgIpc) is 2.45. The van der Waals surface area contributed by atoms with Crippen LogP contribution < -0.4 is 0 Å². The molecule has 25 heavy (non-hydrogen) atoms. The Balaban J connectivity index is 2.24. The minimum Gasteiger partial charge on any atom is -0.324 e. The van der Waals surface area contributed by atoms with Crippen LogP contribution in [0, 0.1) is 0 Å². The molecule has 0 aromatic carbocycles. The van der Waals surface area contributed by atoms with Crippen molar-refractivity contribution in [2.24, 2.45) is 0 Å².